The number of nitrogens with one attached hydrogen (secondary N) is 1. The summed E-state index contributed by atoms with van der Waals surface area (Å²) >= 11 is 0. The summed E-state index contributed by atoms with van der Waals surface area (Å²) in [7, 11) is -3.68. The van der Waals surface area contributed by atoms with Gasteiger partial charge in [-0.05, 0) is 43.3 Å². The molecule has 0 fully saturated rings. The third-order valence-corrected chi connectivity index (χ3v) is 6.12. The largest absolute Gasteiger partial charge is 0.386 e. The van der Waals surface area contributed by atoms with Crippen LogP contribution in [-0.4, -0.2) is 24.6 Å². The Labute approximate surface area is 167 Å². The predicted octanol–water partition coefficient (Wildman–Crippen LogP) is 2.63. The number of anilines is 1. The highest BCUT2D eigenvalue weighted by Gasteiger charge is 2.30. The second kappa shape index (κ2) is 8.26. The molecule has 3 aromatic rings. The molecule has 1 amide bonds. The number of carbonyl (C=O) groups is 1. The lowest BCUT2D eigenvalue weighted by molar-refractivity contribution is -0.121. The summed E-state index contributed by atoms with van der Waals surface area (Å²) in [5, 5.41) is 25.7. The Kier molecular flexibility index (Phi) is 5.77. The van der Waals surface area contributed by atoms with Crippen molar-refractivity contribution in [3.63, 3.8) is 0 Å². The minimum atomic E-state index is -3.68. The van der Waals surface area contributed by atoms with Gasteiger partial charge >= 0.3 is 0 Å². The van der Waals surface area contributed by atoms with Crippen LogP contribution in [0.5, 0.6) is 0 Å². The van der Waals surface area contributed by atoms with E-state index in [1.807, 2.05) is 0 Å². The van der Waals surface area contributed by atoms with Gasteiger partial charge in [0.05, 0.1) is 22.1 Å². The molecule has 2 atom stereocenters. The Bertz CT molecular complexity index is 1150. The van der Waals surface area contributed by atoms with E-state index in [0.717, 1.165) is 0 Å². The maximum atomic E-state index is 12.6. The number of benzene rings is 2. The number of nitrogens with zero attached hydrogens (tertiary/aromatic N) is 2. The lowest BCUT2D eigenvalue weighted by atomic mass is 9.97. The molecule has 0 spiro atoms. The van der Waals surface area contributed by atoms with Gasteiger partial charge in [-0.3, -0.25) is 4.79 Å². The Morgan fingerprint density at radius 2 is 1.76 bits per heavy atom. The number of aliphatic hydroxyl groups excluding tert-OH is 1. The first-order chi connectivity index (χ1) is 13.8. The van der Waals surface area contributed by atoms with Crippen LogP contribution in [0.3, 0.4) is 0 Å². The first-order valence-electron chi connectivity index (χ1n) is 8.54. The fraction of sp³-hybridized carbons (Fsp3) is 0.150. The van der Waals surface area contributed by atoms with Crippen LogP contribution in [0, 0.1) is 24.2 Å². The molecule has 1 aromatic heterocycles. The second-order valence-electron chi connectivity index (χ2n) is 6.22. The number of aromatic nitrogens is 1. The van der Waals surface area contributed by atoms with Crippen LogP contribution in [0.4, 0.5) is 5.69 Å². The lowest BCUT2D eigenvalue weighted by Crippen LogP contribution is -2.27. The van der Waals surface area contributed by atoms with Crippen molar-refractivity contribution in [2.45, 2.75) is 22.8 Å². The average Bonchev–Trinajstić information content (AvgIpc) is 3.15. The molecule has 9 heteroatoms. The molecule has 148 valence electrons. The van der Waals surface area contributed by atoms with E-state index in [1.54, 1.807) is 31.2 Å². The molecule has 29 heavy (non-hydrogen) atoms. The molecule has 0 aliphatic carbocycles. The van der Waals surface area contributed by atoms with Gasteiger partial charge in [-0.2, -0.15) is 5.26 Å². The first-order valence-corrected chi connectivity index (χ1v) is 10.0. The summed E-state index contributed by atoms with van der Waals surface area (Å²) in [6.07, 6.45) is -0.162. The molecule has 0 aliphatic heterocycles. The zero-order chi connectivity index (χ0) is 21.0. The maximum absolute atomic E-state index is 12.6. The minimum Gasteiger partial charge on any atom is -0.386 e. The first kappa shape index (κ1) is 20.3. The molecular formula is C20H17N3O5S. The van der Waals surface area contributed by atoms with Crippen LogP contribution < -0.4 is 5.32 Å². The molecule has 0 saturated carbocycles. The summed E-state index contributed by atoms with van der Waals surface area (Å²) in [6, 6.07) is 15.3. The molecule has 3 rings (SSSR count). The number of hydrogen-bond donors (Lipinski definition) is 2. The quantitative estimate of drug-likeness (QED) is 0.637. The van der Waals surface area contributed by atoms with E-state index in [2.05, 4.69) is 10.5 Å². The number of sulfone groups is 1. The summed E-state index contributed by atoms with van der Waals surface area (Å²) in [5.41, 5.74) is 0.535. The van der Waals surface area contributed by atoms with Gasteiger partial charge in [0.25, 0.3) is 0 Å². The molecule has 2 unspecified atom stereocenters. The van der Waals surface area contributed by atoms with Crippen LogP contribution >= 0.6 is 0 Å². The molecule has 8 nitrogen and oxygen atoms in total. The Morgan fingerprint density at radius 3 is 2.31 bits per heavy atom. The number of aliphatic hydroxyl groups is 1. The van der Waals surface area contributed by atoms with Gasteiger partial charge < -0.3 is 14.9 Å². The van der Waals surface area contributed by atoms with Gasteiger partial charge in [0.1, 0.15) is 11.9 Å². The number of hydrogen-bond acceptors (Lipinski definition) is 7. The summed E-state index contributed by atoms with van der Waals surface area (Å²) in [6.45, 7) is 1.56. The number of carbonyl (C=O) groups excluding carboxylic acids is 1. The lowest BCUT2D eigenvalue weighted by Gasteiger charge is -2.15. The van der Waals surface area contributed by atoms with Crippen LogP contribution in [-0.2, 0) is 14.6 Å². The molecule has 2 aromatic carbocycles. The van der Waals surface area contributed by atoms with Gasteiger partial charge in [-0.25, -0.2) is 8.42 Å². The minimum absolute atomic E-state index is 0.0682. The Balaban J connectivity index is 1.76. The second-order valence-corrected chi connectivity index (χ2v) is 8.17. The summed E-state index contributed by atoms with van der Waals surface area (Å²) < 4.78 is 30.0. The summed E-state index contributed by atoms with van der Waals surface area (Å²) in [5.74, 6) is -1.83. The van der Waals surface area contributed by atoms with E-state index >= 15 is 0 Å². The van der Waals surface area contributed by atoms with Crippen molar-refractivity contribution in [2.75, 3.05) is 5.32 Å². The zero-order valence-electron chi connectivity index (χ0n) is 15.3. The fourth-order valence-electron chi connectivity index (χ4n) is 2.72. The van der Waals surface area contributed by atoms with Crippen molar-refractivity contribution in [2.24, 2.45) is 5.92 Å². The highest BCUT2D eigenvalue weighted by Crippen LogP contribution is 2.26. The molecular weight excluding hydrogens is 394 g/mol. The van der Waals surface area contributed by atoms with E-state index in [-0.39, 0.29) is 21.0 Å². The van der Waals surface area contributed by atoms with Crippen molar-refractivity contribution >= 4 is 21.4 Å². The van der Waals surface area contributed by atoms with Gasteiger partial charge in [0.15, 0.2) is 5.92 Å². The van der Waals surface area contributed by atoms with Gasteiger partial charge in [0.2, 0.25) is 15.7 Å². The van der Waals surface area contributed by atoms with Crippen LogP contribution in [0.15, 0.2) is 75.1 Å². The molecule has 2 N–H and O–H groups in total. The van der Waals surface area contributed by atoms with Crippen LogP contribution in [0.2, 0.25) is 0 Å². The maximum Gasteiger partial charge on any atom is 0.244 e. The SMILES string of the molecule is Cc1oncc1C(O)C(C#N)C(=O)Nc1ccc(S(=O)(=O)c2ccccc2)cc1. The Hall–Kier alpha value is -3.48. The molecule has 0 aliphatic rings. The van der Waals surface area contributed by atoms with E-state index in [9.17, 15) is 23.6 Å². The standard InChI is InChI=1S/C20H17N3O5S/c1-13-18(12-22-28-13)19(24)17(11-21)20(25)23-14-7-9-16(10-8-14)29(26,27)15-5-3-2-4-6-15/h2-10,12,17,19,24H,1H3,(H,23,25). The third kappa shape index (κ3) is 4.18. The van der Waals surface area contributed by atoms with Gasteiger partial charge in [-0.15, -0.1) is 0 Å². The van der Waals surface area contributed by atoms with Gasteiger partial charge in [0, 0.05) is 11.3 Å². The highest BCUT2D eigenvalue weighted by molar-refractivity contribution is 7.91. The highest BCUT2D eigenvalue weighted by atomic mass is 32.2. The van der Waals surface area contributed by atoms with Gasteiger partial charge in [-0.1, -0.05) is 23.4 Å². The smallest absolute Gasteiger partial charge is 0.244 e. The van der Waals surface area contributed by atoms with Crippen molar-refractivity contribution in [3.05, 3.63) is 72.1 Å². The van der Waals surface area contributed by atoms with E-state index in [0.29, 0.717) is 5.76 Å². The average molecular weight is 411 g/mol. The van der Waals surface area contributed by atoms with E-state index in [4.69, 9.17) is 4.52 Å². The number of amides is 1. The zero-order valence-corrected chi connectivity index (χ0v) is 16.1. The van der Waals surface area contributed by atoms with Crippen molar-refractivity contribution in [1.29, 1.82) is 5.26 Å². The monoisotopic (exact) mass is 411 g/mol. The molecule has 0 bridgehead atoms. The Morgan fingerprint density at radius 1 is 1.14 bits per heavy atom. The summed E-state index contributed by atoms with van der Waals surface area (Å²) in [4.78, 5) is 12.7. The molecule has 0 saturated heterocycles. The van der Waals surface area contributed by atoms with Crippen molar-refractivity contribution in [3.8, 4) is 6.07 Å². The topological polar surface area (TPSA) is 133 Å². The van der Waals surface area contributed by atoms with Crippen LogP contribution in [0.1, 0.15) is 17.4 Å². The predicted molar refractivity (Wildman–Crippen MR) is 102 cm³/mol. The number of aryl methyl sites for hydroxylation is 1. The van der Waals surface area contributed by atoms with Crippen LogP contribution in [0.25, 0.3) is 0 Å². The number of rotatable bonds is 6. The molecule has 1 heterocycles. The molecule has 0 radical (unpaired) electrons. The fourth-order valence-corrected chi connectivity index (χ4v) is 4.00. The normalized spacial score (nSPS) is 13.3. The van der Waals surface area contributed by atoms with E-state index in [1.165, 1.54) is 42.6 Å². The third-order valence-electron chi connectivity index (χ3n) is 4.33. The number of nitriles is 1. The van der Waals surface area contributed by atoms with E-state index < -0.39 is 27.8 Å². The van der Waals surface area contributed by atoms with Crippen molar-refractivity contribution in [1.82, 2.24) is 5.16 Å². The van der Waals surface area contributed by atoms with Crippen molar-refractivity contribution < 1.29 is 22.8 Å².